The van der Waals surface area contributed by atoms with E-state index < -0.39 is 32.5 Å². The summed E-state index contributed by atoms with van der Waals surface area (Å²) in [5.41, 5.74) is 16.8. The van der Waals surface area contributed by atoms with Gasteiger partial charge < -0.3 is 14.9 Å². The Labute approximate surface area is 397 Å². The third-order valence-electron chi connectivity index (χ3n) is 15.0. The van der Waals surface area contributed by atoms with Crippen molar-refractivity contribution in [3.05, 3.63) is 190 Å². The molecule has 0 aliphatic heterocycles. The molecule has 2 aliphatic carbocycles. The van der Waals surface area contributed by atoms with E-state index in [4.69, 9.17) is 15.7 Å². The Kier molecular flexibility index (Phi) is 10.6. The second-order valence-corrected chi connectivity index (χ2v) is 22.2. The number of hydrogen-bond donors (Lipinski definition) is 1. The Morgan fingerprint density at radius 2 is 0.606 bits per heavy atom. The second kappa shape index (κ2) is 15.4. The largest absolute Gasteiger partial charge is 0.389 e. The zero-order valence-electron chi connectivity index (χ0n) is 41.4. The molecule has 1 unspecified atom stereocenters. The normalized spacial score (nSPS) is 16.3. The Morgan fingerprint density at radius 3 is 0.879 bits per heavy atom. The minimum atomic E-state index is -1.19. The maximum Gasteiger partial charge on any atom is 0.0755 e. The molecule has 0 bridgehead atoms. The number of rotatable bonds is 9. The van der Waals surface area contributed by atoms with Gasteiger partial charge in [0.15, 0.2) is 0 Å². The lowest BCUT2D eigenvalue weighted by Crippen LogP contribution is -2.55. The summed E-state index contributed by atoms with van der Waals surface area (Å²) in [6.45, 7) is 27.9. The standard InChI is InChI=1S/C61H64B2N2O/c1-38-14-22-42(23-15-38)64(43-24-16-39(2)17-25-43)46-30-32-48-50-37-55-51(36-54(50)60(52(48)34-46,56(5,6)7)59(12,13)66)49-33-31-47(35-53(49)61(55,57(8,9)62)58(10,11)63)65(44-26-18-40(3)19-27-44)45-28-20-41(4)21-29-45/h14-37,66H,1-13H3. The van der Waals surface area contributed by atoms with Crippen LogP contribution in [0.1, 0.15) is 107 Å². The topological polar surface area (TPSA) is 26.7 Å². The molecule has 5 heteroatoms. The van der Waals surface area contributed by atoms with Crippen molar-refractivity contribution in [1.82, 2.24) is 0 Å². The maximum absolute atomic E-state index is 13.0. The van der Waals surface area contributed by atoms with Crippen molar-refractivity contribution in [3.63, 3.8) is 0 Å². The van der Waals surface area contributed by atoms with Gasteiger partial charge in [0.1, 0.15) is 0 Å². The van der Waals surface area contributed by atoms with Gasteiger partial charge in [-0.25, -0.2) is 0 Å². The molecule has 2 aliphatic rings. The Morgan fingerprint density at radius 1 is 0.348 bits per heavy atom. The monoisotopic (exact) mass is 863 g/mol. The van der Waals surface area contributed by atoms with Gasteiger partial charge in [-0.05, 0) is 176 Å². The van der Waals surface area contributed by atoms with Gasteiger partial charge in [-0.1, -0.05) is 142 Å². The molecule has 0 saturated carbocycles. The molecule has 7 aromatic carbocycles. The highest BCUT2D eigenvalue weighted by Crippen LogP contribution is 2.71. The van der Waals surface area contributed by atoms with Gasteiger partial charge in [-0.15, -0.1) is 0 Å². The van der Waals surface area contributed by atoms with Gasteiger partial charge in [-0.3, -0.25) is 0 Å². The molecule has 66 heavy (non-hydrogen) atoms. The third-order valence-corrected chi connectivity index (χ3v) is 15.0. The van der Waals surface area contributed by atoms with Crippen LogP contribution in [0.4, 0.5) is 34.1 Å². The highest BCUT2D eigenvalue weighted by Gasteiger charge is 2.62. The van der Waals surface area contributed by atoms with Gasteiger partial charge in [0.2, 0.25) is 0 Å². The van der Waals surface area contributed by atoms with Gasteiger partial charge >= 0.3 is 0 Å². The number of hydrogen-bond acceptors (Lipinski definition) is 3. The molecule has 3 nitrogen and oxygen atoms in total. The summed E-state index contributed by atoms with van der Waals surface area (Å²) in [5.74, 6) is 0. The van der Waals surface area contributed by atoms with E-state index in [2.05, 4.69) is 232 Å². The summed E-state index contributed by atoms with van der Waals surface area (Å²) in [6, 6.07) is 53.5. The van der Waals surface area contributed by atoms with Gasteiger partial charge in [0.25, 0.3) is 0 Å². The van der Waals surface area contributed by atoms with Gasteiger partial charge in [0, 0.05) is 39.5 Å². The quantitative estimate of drug-likeness (QED) is 0.147. The Hall–Kier alpha value is -5.77. The molecular weight excluding hydrogens is 798 g/mol. The van der Waals surface area contributed by atoms with E-state index in [1.165, 1.54) is 22.3 Å². The molecule has 4 radical (unpaired) electrons. The minimum absolute atomic E-state index is 0.443. The van der Waals surface area contributed by atoms with Crippen LogP contribution >= 0.6 is 0 Å². The first kappa shape index (κ1) is 45.4. The highest BCUT2D eigenvalue weighted by atomic mass is 16.3. The summed E-state index contributed by atoms with van der Waals surface area (Å²) < 4.78 is 0. The van der Waals surface area contributed by atoms with Crippen LogP contribution in [0.3, 0.4) is 0 Å². The molecule has 0 heterocycles. The van der Waals surface area contributed by atoms with Crippen LogP contribution in [-0.2, 0) is 10.8 Å². The molecule has 330 valence electrons. The van der Waals surface area contributed by atoms with Crippen molar-refractivity contribution >= 4 is 49.8 Å². The summed E-state index contributed by atoms with van der Waals surface area (Å²) in [6.07, 6.45) is 0. The number of nitrogens with zero attached hydrogens (tertiary/aromatic N) is 2. The predicted molar refractivity (Wildman–Crippen MR) is 283 cm³/mol. The van der Waals surface area contributed by atoms with Crippen LogP contribution in [0.2, 0.25) is 10.6 Å². The second-order valence-electron chi connectivity index (χ2n) is 22.2. The molecule has 1 atom stereocenters. The maximum atomic E-state index is 13.0. The Bertz CT molecular complexity index is 2650. The SMILES string of the molecule is [B]C(C)(C)C1(C([B])(C)C)c2cc(N(c3ccc(C)cc3)c3ccc(C)cc3)ccc2-c2cc3c(cc21)-c1ccc(N(c2ccc(C)cc2)c2ccc(C)cc2)cc1C3(C(C)(C)C)C(C)(C)O. The van der Waals surface area contributed by atoms with Crippen LogP contribution in [-0.4, -0.2) is 26.4 Å². The number of fused-ring (bicyclic) bond motifs is 6. The zero-order chi connectivity index (χ0) is 47.5. The third kappa shape index (κ3) is 6.74. The van der Waals surface area contributed by atoms with E-state index in [1.807, 2.05) is 13.8 Å². The lowest BCUT2D eigenvalue weighted by Gasteiger charge is -2.54. The average molecular weight is 863 g/mol. The molecule has 0 spiro atoms. The first-order chi connectivity index (χ1) is 30.9. The van der Waals surface area contributed by atoms with Gasteiger partial charge in [0.05, 0.1) is 26.7 Å². The van der Waals surface area contributed by atoms with Crippen molar-refractivity contribution < 1.29 is 5.11 Å². The minimum Gasteiger partial charge on any atom is -0.389 e. The summed E-state index contributed by atoms with van der Waals surface area (Å²) in [7, 11) is 15.3. The fourth-order valence-corrected chi connectivity index (χ4v) is 12.7. The summed E-state index contributed by atoms with van der Waals surface area (Å²) >= 11 is 0. The smallest absolute Gasteiger partial charge is 0.0755 e. The van der Waals surface area contributed by atoms with Gasteiger partial charge in [-0.2, -0.15) is 0 Å². The lowest BCUT2D eigenvalue weighted by atomic mass is 9.38. The average Bonchev–Trinajstić information content (AvgIpc) is 3.70. The Balaban J connectivity index is 1.33. The number of anilines is 6. The molecule has 0 fully saturated rings. The fourth-order valence-electron chi connectivity index (χ4n) is 12.7. The predicted octanol–water partition coefficient (Wildman–Crippen LogP) is 15.9. The van der Waals surface area contributed by atoms with Crippen LogP contribution in [0.15, 0.2) is 146 Å². The van der Waals surface area contributed by atoms with Crippen molar-refractivity contribution in [1.29, 1.82) is 0 Å². The van der Waals surface area contributed by atoms with Crippen molar-refractivity contribution in [2.24, 2.45) is 5.41 Å². The molecule has 0 saturated heterocycles. The lowest BCUT2D eigenvalue weighted by molar-refractivity contribution is -0.0370. The van der Waals surface area contributed by atoms with E-state index in [0.29, 0.717) is 0 Å². The van der Waals surface area contributed by atoms with Crippen molar-refractivity contribution in [2.45, 2.75) is 117 Å². The van der Waals surface area contributed by atoms with E-state index in [-0.39, 0.29) is 0 Å². The number of aliphatic hydroxyl groups is 1. The zero-order valence-corrected chi connectivity index (χ0v) is 41.4. The van der Waals surface area contributed by atoms with E-state index in [9.17, 15) is 5.11 Å². The molecule has 9 rings (SSSR count). The van der Waals surface area contributed by atoms with Crippen molar-refractivity contribution in [2.75, 3.05) is 9.80 Å². The molecule has 7 aromatic rings. The number of benzene rings is 7. The first-order valence-electron chi connectivity index (χ1n) is 23.6. The molecule has 0 amide bonds. The highest BCUT2D eigenvalue weighted by molar-refractivity contribution is 6.22. The van der Waals surface area contributed by atoms with Crippen LogP contribution in [0.25, 0.3) is 22.3 Å². The van der Waals surface area contributed by atoms with E-state index in [0.717, 1.165) is 78.6 Å². The molecule has 0 aromatic heterocycles. The summed E-state index contributed by atoms with van der Waals surface area (Å²) in [5, 5.41) is 11.4. The molecule has 1 N–H and O–H groups in total. The van der Waals surface area contributed by atoms with E-state index >= 15 is 0 Å². The summed E-state index contributed by atoms with van der Waals surface area (Å²) in [4.78, 5) is 4.67. The van der Waals surface area contributed by atoms with Crippen molar-refractivity contribution in [3.8, 4) is 22.3 Å². The fraction of sp³-hybridized carbons (Fsp3) is 0.311. The van der Waals surface area contributed by atoms with Crippen LogP contribution in [0, 0.1) is 33.1 Å². The van der Waals surface area contributed by atoms with E-state index in [1.54, 1.807) is 0 Å². The van der Waals surface area contributed by atoms with Crippen LogP contribution in [0.5, 0.6) is 0 Å². The number of aryl methyl sites for hydroxylation is 4. The van der Waals surface area contributed by atoms with Crippen LogP contribution < -0.4 is 9.80 Å². The molecular formula is C61H64B2N2O. The first-order valence-corrected chi connectivity index (χ1v) is 23.6.